The highest BCUT2D eigenvalue weighted by atomic mass is 16.5. The number of anilines is 1. The second-order valence-corrected chi connectivity index (χ2v) is 3.62. The number of esters is 1. The van der Waals surface area contributed by atoms with Crippen LogP contribution in [0, 0.1) is 0 Å². The highest BCUT2D eigenvalue weighted by Gasteiger charge is 2.05. The Morgan fingerprint density at radius 3 is 2.79 bits per heavy atom. The van der Waals surface area contributed by atoms with Gasteiger partial charge in [0, 0.05) is 17.7 Å². The van der Waals surface area contributed by atoms with Crippen molar-refractivity contribution in [3.8, 4) is 11.5 Å². The summed E-state index contributed by atoms with van der Waals surface area (Å²) in [5.41, 5.74) is 6.37. The normalized spacial score (nSPS) is 11.1. The standard InChI is InChI=1S/C14H17NO4/c1-3-19-13(16)7-5-4-6-10-8-11(18-2)9-12(15)14(10)17/h4-9,17H,3,15H2,1-2H3/b6-4+,7-5+. The fourth-order valence-corrected chi connectivity index (χ4v) is 1.38. The largest absolute Gasteiger partial charge is 0.505 e. The Kier molecular flexibility index (Phi) is 5.47. The minimum Gasteiger partial charge on any atom is -0.505 e. The third kappa shape index (κ3) is 4.39. The van der Waals surface area contributed by atoms with E-state index in [1.807, 2.05) is 0 Å². The van der Waals surface area contributed by atoms with Crippen LogP contribution in [0.4, 0.5) is 5.69 Å². The first-order chi connectivity index (χ1) is 9.08. The first-order valence-corrected chi connectivity index (χ1v) is 5.76. The molecule has 0 aromatic heterocycles. The third-order valence-corrected chi connectivity index (χ3v) is 2.28. The molecule has 0 radical (unpaired) electrons. The van der Waals surface area contributed by atoms with Gasteiger partial charge >= 0.3 is 5.97 Å². The molecule has 0 aliphatic heterocycles. The van der Waals surface area contributed by atoms with Crippen molar-refractivity contribution >= 4 is 17.7 Å². The number of phenolic OH excluding ortho intramolecular Hbond substituents is 1. The van der Waals surface area contributed by atoms with E-state index in [1.165, 1.54) is 25.3 Å². The number of nitrogens with two attached hydrogens (primary N) is 1. The van der Waals surface area contributed by atoms with Gasteiger partial charge in [0.15, 0.2) is 0 Å². The molecule has 0 spiro atoms. The summed E-state index contributed by atoms with van der Waals surface area (Å²) in [6.07, 6.45) is 6.03. The number of nitrogen functional groups attached to an aromatic ring is 1. The monoisotopic (exact) mass is 263 g/mol. The fourth-order valence-electron chi connectivity index (χ4n) is 1.38. The number of carbonyl (C=O) groups is 1. The topological polar surface area (TPSA) is 81.8 Å². The van der Waals surface area contributed by atoms with E-state index in [0.717, 1.165) is 0 Å². The lowest BCUT2D eigenvalue weighted by Gasteiger charge is -2.06. The van der Waals surface area contributed by atoms with Gasteiger partial charge in [-0.15, -0.1) is 0 Å². The first kappa shape index (κ1) is 14.6. The van der Waals surface area contributed by atoms with Crippen LogP contribution in [-0.2, 0) is 9.53 Å². The third-order valence-electron chi connectivity index (χ3n) is 2.28. The molecule has 3 N–H and O–H groups in total. The van der Waals surface area contributed by atoms with Gasteiger partial charge in [0.25, 0.3) is 0 Å². The number of carbonyl (C=O) groups excluding carboxylic acids is 1. The quantitative estimate of drug-likeness (QED) is 0.279. The molecule has 0 atom stereocenters. The summed E-state index contributed by atoms with van der Waals surface area (Å²) in [5, 5.41) is 9.76. The molecule has 0 bridgehead atoms. The summed E-state index contributed by atoms with van der Waals surface area (Å²) in [4.78, 5) is 11.0. The number of aromatic hydroxyl groups is 1. The molecule has 0 heterocycles. The Morgan fingerprint density at radius 2 is 2.16 bits per heavy atom. The molecule has 1 aromatic rings. The highest BCUT2D eigenvalue weighted by molar-refractivity contribution is 5.82. The number of hydrogen-bond donors (Lipinski definition) is 2. The molecule has 0 aliphatic carbocycles. The van der Waals surface area contributed by atoms with Crippen molar-refractivity contribution in [2.24, 2.45) is 0 Å². The van der Waals surface area contributed by atoms with E-state index >= 15 is 0 Å². The maximum atomic E-state index is 11.0. The van der Waals surface area contributed by atoms with E-state index in [9.17, 15) is 9.90 Å². The van der Waals surface area contributed by atoms with Gasteiger partial charge in [-0.3, -0.25) is 0 Å². The number of ether oxygens (including phenoxy) is 2. The number of allylic oxidation sites excluding steroid dienone is 2. The van der Waals surface area contributed by atoms with Crippen LogP contribution in [0.2, 0.25) is 0 Å². The van der Waals surface area contributed by atoms with Crippen molar-refractivity contribution in [2.45, 2.75) is 6.92 Å². The molecule has 0 aliphatic rings. The Morgan fingerprint density at radius 1 is 1.42 bits per heavy atom. The minimum atomic E-state index is -0.415. The van der Waals surface area contributed by atoms with Gasteiger partial charge in [0.2, 0.25) is 0 Å². The van der Waals surface area contributed by atoms with Gasteiger partial charge in [0.1, 0.15) is 11.5 Å². The number of hydrogen-bond acceptors (Lipinski definition) is 5. The molecule has 0 unspecified atom stereocenters. The van der Waals surface area contributed by atoms with Gasteiger partial charge in [-0.1, -0.05) is 18.2 Å². The summed E-state index contributed by atoms with van der Waals surface area (Å²) in [5.74, 6) is 0.104. The van der Waals surface area contributed by atoms with Gasteiger partial charge in [0.05, 0.1) is 19.4 Å². The second-order valence-electron chi connectivity index (χ2n) is 3.62. The van der Waals surface area contributed by atoms with Crippen LogP contribution in [0.15, 0.2) is 30.4 Å². The summed E-state index contributed by atoms with van der Waals surface area (Å²) in [7, 11) is 1.51. The lowest BCUT2D eigenvalue weighted by atomic mass is 10.1. The maximum absolute atomic E-state index is 11.0. The molecule has 5 heteroatoms. The van der Waals surface area contributed by atoms with Crippen molar-refractivity contribution < 1.29 is 19.4 Å². The van der Waals surface area contributed by atoms with Gasteiger partial charge in [-0.05, 0) is 13.0 Å². The van der Waals surface area contributed by atoms with E-state index in [2.05, 4.69) is 0 Å². The second kappa shape index (κ2) is 7.10. The number of benzene rings is 1. The lowest BCUT2D eigenvalue weighted by molar-refractivity contribution is -0.137. The molecule has 0 amide bonds. The molecule has 0 fully saturated rings. The van der Waals surface area contributed by atoms with Crippen molar-refractivity contribution in [1.82, 2.24) is 0 Å². The molecule has 19 heavy (non-hydrogen) atoms. The summed E-state index contributed by atoms with van der Waals surface area (Å²) >= 11 is 0. The average molecular weight is 263 g/mol. The Bertz CT molecular complexity index is 506. The van der Waals surface area contributed by atoms with E-state index < -0.39 is 5.97 Å². The zero-order valence-electron chi connectivity index (χ0n) is 10.9. The fraction of sp³-hybridized carbons (Fsp3) is 0.214. The molecule has 0 saturated carbocycles. The van der Waals surface area contributed by atoms with Crippen molar-refractivity contribution in [1.29, 1.82) is 0 Å². The Hall–Kier alpha value is -2.43. The van der Waals surface area contributed by atoms with Crippen LogP contribution < -0.4 is 10.5 Å². The highest BCUT2D eigenvalue weighted by Crippen LogP contribution is 2.31. The van der Waals surface area contributed by atoms with E-state index in [-0.39, 0.29) is 11.4 Å². The molecule has 0 saturated heterocycles. The SMILES string of the molecule is CCOC(=O)/C=C/C=C/c1cc(OC)cc(N)c1O. The molecule has 5 nitrogen and oxygen atoms in total. The number of rotatable bonds is 5. The summed E-state index contributed by atoms with van der Waals surface area (Å²) < 4.78 is 9.77. The van der Waals surface area contributed by atoms with Gasteiger partial charge < -0.3 is 20.3 Å². The summed E-state index contributed by atoms with van der Waals surface area (Å²) in [6.45, 7) is 2.07. The smallest absolute Gasteiger partial charge is 0.330 e. The molecular weight excluding hydrogens is 246 g/mol. The van der Waals surface area contributed by atoms with Crippen LogP contribution in [0.3, 0.4) is 0 Å². The molecule has 1 aromatic carbocycles. The van der Waals surface area contributed by atoms with Crippen molar-refractivity contribution in [3.05, 3.63) is 35.9 Å². The van der Waals surface area contributed by atoms with Crippen LogP contribution in [0.5, 0.6) is 11.5 Å². The van der Waals surface area contributed by atoms with E-state index in [1.54, 1.807) is 25.1 Å². The predicted octanol–water partition coefficient (Wildman–Crippen LogP) is 2.12. The van der Waals surface area contributed by atoms with Gasteiger partial charge in [-0.2, -0.15) is 0 Å². The van der Waals surface area contributed by atoms with Crippen LogP contribution in [0.1, 0.15) is 12.5 Å². The predicted molar refractivity (Wildman–Crippen MR) is 73.9 cm³/mol. The zero-order valence-corrected chi connectivity index (χ0v) is 10.9. The maximum Gasteiger partial charge on any atom is 0.330 e. The van der Waals surface area contributed by atoms with Crippen LogP contribution in [-0.4, -0.2) is 24.8 Å². The van der Waals surface area contributed by atoms with E-state index in [0.29, 0.717) is 17.9 Å². The number of phenols is 1. The van der Waals surface area contributed by atoms with Crippen molar-refractivity contribution in [2.75, 3.05) is 19.5 Å². The summed E-state index contributed by atoms with van der Waals surface area (Å²) in [6, 6.07) is 3.17. The first-order valence-electron chi connectivity index (χ1n) is 5.76. The number of methoxy groups -OCH3 is 1. The Labute approximate surface area is 111 Å². The zero-order chi connectivity index (χ0) is 14.3. The molecule has 1 rings (SSSR count). The lowest BCUT2D eigenvalue weighted by Crippen LogP contribution is -1.98. The van der Waals surface area contributed by atoms with Crippen LogP contribution in [0.25, 0.3) is 6.08 Å². The van der Waals surface area contributed by atoms with E-state index in [4.69, 9.17) is 15.2 Å². The van der Waals surface area contributed by atoms with Crippen LogP contribution >= 0.6 is 0 Å². The minimum absolute atomic E-state index is 0.0263. The van der Waals surface area contributed by atoms with Crippen molar-refractivity contribution in [3.63, 3.8) is 0 Å². The van der Waals surface area contributed by atoms with Gasteiger partial charge in [-0.25, -0.2) is 4.79 Å². The average Bonchev–Trinajstić information content (AvgIpc) is 2.39. The molecular formula is C14H17NO4. The Balaban J connectivity index is 2.81. The molecule has 102 valence electrons.